The van der Waals surface area contributed by atoms with E-state index in [-0.39, 0.29) is 10.6 Å². The Morgan fingerprint density at radius 1 is 1.43 bits per heavy atom. The van der Waals surface area contributed by atoms with Crippen LogP contribution >= 0.6 is 11.3 Å². The number of hydrogen-bond donors (Lipinski definition) is 0. The van der Waals surface area contributed by atoms with Gasteiger partial charge in [0.2, 0.25) is 0 Å². The molecule has 0 bridgehead atoms. The van der Waals surface area contributed by atoms with Crippen LogP contribution in [0.25, 0.3) is 10.1 Å². The van der Waals surface area contributed by atoms with Crippen molar-refractivity contribution in [2.45, 2.75) is 13.3 Å². The van der Waals surface area contributed by atoms with Gasteiger partial charge >= 0.3 is 0 Å². The van der Waals surface area contributed by atoms with Crippen LogP contribution in [0.5, 0.6) is 0 Å². The first-order valence-electron chi connectivity index (χ1n) is 4.37. The van der Waals surface area contributed by atoms with E-state index in [1.807, 2.05) is 12.1 Å². The number of nitro benzene ring substituents is 1. The molecule has 0 amide bonds. The molecule has 0 aliphatic rings. The molecule has 0 fully saturated rings. The summed E-state index contributed by atoms with van der Waals surface area (Å²) < 4.78 is 1.12. The van der Waals surface area contributed by atoms with Crippen LogP contribution in [-0.4, -0.2) is 4.92 Å². The highest BCUT2D eigenvalue weighted by atomic mass is 32.1. The van der Waals surface area contributed by atoms with Gasteiger partial charge in [-0.05, 0) is 23.9 Å². The molecule has 1 aromatic heterocycles. The predicted octanol–water partition coefficient (Wildman–Crippen LogP) is 3.37. The van der Waals surface area contributed by atoms with Gasteiger partial charge in [-0.3, -0.25) is 10.1 Å². The van der Waals surface area contributed by atoms with Crippen molar-refractivity contribution in [3.05, 3.63) is 39.3 Å². The fraction of sp³-hybridized carbons (Fsp3) is 0.200. The number of hydrogen-bond acceptors (Lipinski definition) is 3. The van der Waals surface area contributed by atoms with Crippen LogP contribution in [0.15, 0.2) is 24.3 Å². The summed E-state index contributed by atoms with van der Waals surface area (Å²) >= 11 is 1.70. The van der Waals surface area contributed by atoms with Crippen molar-refractivity contribution in [1.29, 1.82) is 0 Å². The summed E-state index contributed by atoms with van der Waals surface area (Å²) in [5, 5.41) is 11.5. The van der Waals surface area contributed by atoms with Gasteiger partial charge in [-0.25, -0.2) is 0 Å². The van der Waals surface area contributed by atoms with Gasteiger partial charge in [-0.15, -0.1) is 11.3 Å². The first-order valence-corrected chi connectivity index (χ1v) is 5.19. The summed E-state index contributed by atoms with van der Waals surface area (Å²) in [5.41, 5.74) is 0.165. The Morgan fingerprint density at radius 2 is 2.21 bits per heavy atom. The molecule has 0 atom stereocenters. The molecule has 0 N–H and O–H groups in total. The molecule has 3 nitrogen and oxygen atoms in total. The quantitative estimate of drug-likeness (QED) is 0.559. The van der Waals surface area contributed by atoms with Crippen molar-refractivity contribution in [1.82, 2.24) is 0 Å². The SMILES string of the molecule is CCc1cc2cc([N+](=O)[O-])ccc2s1. The zero-order chi connectivity index (χ0) is 10.1. The number of aryl methyl sites for hydroxylation is 1. The van der Waals surface area contributed by atoms with Gasteiger partial charge in [0, 0.05) is 21.7 Å². The molecule has 0 radical (unpaired) electrons. The van der Waals surface area contributed by atoms with Crippen molar-refractivity contribution >= 4 is 27.1 Å². The second-order valence-electron chi connectivity index (χ2n) is 3.05. The average Bonchev–Trinajstić information content (AvgIpc) is 2.58. The van der Waals surface area contributed by atoms with E-state index < -0.39 is 0 Å². The minimum atomic E-state index is -0.358. The van der Waals surface area contributed by atoms with E-state index in [9.17, 15) is 10.1 Å². The molecule has 4 heteroatoms. The molecule has 0 spiro atoms. The second kappa shape index (κ2) is 3.38. The largest absolute Gasteiger partial charge is 0.270 e. The standard InChI is InChI=1S/C10H9NO2S/c1-2-9-6-7-5-8(11(12)13)3-4-10(7)14-9/h3-6H,2H2,1H3. The summed E-state index contributed by atoms with van der Waals surface area (Å²) in [6, 6.07) is 7.02. The van der Waals surface area contributed by atoms with Crippen LogP contribution in [-0.2, 0) is 6.42 Å². The lowest BCUT2D eigenvalue weighted by atomic mass is 10.2. The van der Waals surface area contributed by atoms with Crippen molar-refractivity contribution in [2.75, 3.05) is 0 Å². The lowest BCUT2D eigenvalue weighted by Crippen LogP contribution is -1.85. The first kappa shape index (κ1) is 9.15. The van der Waals surface area contributed by atoms with Gasteiger partial charge in [0.15, 0.2) is 0 Å². The zero-order valence-electron chi connectivity index (χ0n) is 7.69. The maximum atomic E-state index is 10.5. The molecular weight excluding hydrogens is 198 g/mol. The molecule has 2 aromatic rings. The van der Waals surface area contributed by atoms with Gasteiger partial charge in [-0.1, -0.05) is 6.92 Å². The first-order chi connectivity index (χ1) is 6.70. The number of thiophene rings is 1. The maximum absolute atomic E-state index is 10.5. The van der Waals surface area contributed by atoms with Crippen LogP contribution in [0.4, 0.5) is 5.69 Å². The number of benzene rings is 1. The molecule has 0 aliphatic carbocycles. The summed E-state index contributed by atoms with van der Waals surface area (Å²) in [7, 11) is 0. The summed E-state index contributed by atoms with van der Waals surface area (Å²) in [6.45, 7) is 2.08. The van der Waals surface area contributed by atoms with Crippen LogP contribution in [0, 0.1) is 10.1 Å². The summed E-state index contributed by atoms with van der Waals surface area (Å²) in [6.07, 6.45) is 0.979. The third kappa shape index (κ3) is 1.48. The van der Waals surface area contributed by atoms with Gasteiger partial charge in [0.05, 0.1) is 4.92 Å². The highest BCUT2D eigenvalue weighted by Gasteiger charge is 2.07. The molecule has 0 saturated heterocycles. The lowest BCUT2D eigenvalue weighted by Gasteiger charge is -1.90. The molecule has 0 aliphatic heterocycles. The molecule has 14 heavy (non-hydrogen) atoms. The topological polar surface area (TPSA) is 43.1 Å². The third-order valence-corrected chi connectivity index (χ3v) is 3.37. The van der Waals surface area contributed by atoms with E-state index in [1.165, 1.54) is 4.88 Å². The Labute approximate surface area is 85.1 Å². The third-order valence-electron chi connectivity index (χ3n) is 2.11. The summed E-state index contributed by atoms with van der Waals surface area (Å²) in [5.74, 6) is 0. The second-order valence-corrected chi connectivity index (χ2v) is 4.21. The lowest BCUT2D eigenvalue weighted by molar-refractivity contribution is -0.384. The molecule has 1 heterocycles. The van der Waals surface area contributed by atoms with Gasteiger partial charge < -0.3 is 0 Å². The van der Waals surface area contributed by atoms with Gasteiger partial charge in [-0.2, -0.15) is 0 Å². The van der Waals surface area contributed by atoms with E-state index in [2.05, 4.69) is 6.92 Å². The molecule has 2 rings (SSSR count). The predicted molar refractivity (Wildman–Crippen MR) is 57.9 cm³/mol. The van der Waals surface area contributed by atoms with Gasteiger partial charge in [0.1, 0.15) is 0 Å². The molecule has 0 saturated carbocycles. The Balaban J connectivity index is 2.59. The number of nitro groups is 1. The van der Waals surface area contributed by atoms with E-state index in [1.54, 1.807) is 23.5 Å². The minimum Gasteiger partial charge on any atom is -0.258 e. The van der Waals surface area contributed by atoms with Crippen molar-refractivity contribution < 1.29 is 4.92 Å². The Morgan fingerprint density at radius 3 is 2.86 bits per heavy atom. The highest BCUT2D eigenvalue weighted by molar-refractivity contribution is 7.19. The fourth-order valence-electron chi connectivity index (χ4n) is 1.37. The molecule has 72 valence electrons. The highest BCUT2D eigenvalue weighted by Crippen LogP contribution is 2.28. The maximum Gasteiger partial charge on any atom is 0.270 e. The zero-order valence-corrected chi connectivity index (χ0v) is 8.50. The monoisotopic (exact) mass is 207 g/mol. The van der Waals surface area contributed by atoms with E-state index in [0.717, 1.165) is 16.5 Å². The van der Waals surface area contributed by atoms with Crippen LogP contribution in [0.2, 0.25) is 0 Å². The number of nitrogens with zero attached hydrogens (tertiary/aromatic N) is 1. The average molecular weight is 207 g/mol. The van der Waals surface area contributed by atoms with Crippen LogP contribution < -0.4 is 0 Å². The van der Waals surface area contributed by atoms with Crippen molar-refractivity contribution in [3.63, 3.8) is 0 Å². The van der Waals surface area contributed by atoms with Crippen LogP contribution in [0.1, 0.15) is 11.8 Å². The molecular formula is C10H9NO2S. The fourth-order valence-corrected chi connectivity index (χ4v) is 2.36. The summed E-state index contributed by atoms with van der Waals surface area (Å²) in [4.78, 5) is 11.4. The van der Waals surface area contributed by atoms with Crippen molar-refractivity contribution in [3.8, 4) is 0 Å². The van der Waals surface area contributed by atoms with Crippen molar-refractivity contribution in [2.24, 2.45) is 0 Å². The molecule has 1 aromatic carbocycles. The number of non-ortho nitro benzene ring substituents is 1. The van der Waals surface area contributed by atoms with Crippen LogP contribution in [0.3, 0.4) is 0 Å². The Hall–Kier alpha value is -1.42. The number of fused-ring (bicyclic) bond motifs is 1. The van der Waals surface area contributed by atoms with E-state index in [4.69, 9.17) is 0 Å². The normalized spacial score (nSPS) is 10.6. The Bertz CT molecular complexity index is 490. The minimum absolute atomic E-state index is 0.165. The smallest absolute Gasteiger partial charge is 0.258 e. The van der Waals surface area contributed by atoms with E-state index in [0.29, 0.717) is 0 Å². The van der Waals surface area contributed by atoms with Gasteiger partial charge in [0.25, 0.3) is 5.69 Å². The molecule has 0 unspecified atom stereocenters. The Kier molecular flexibility index (Phi) is 2.21. The number of rotatable bonds is 2. The van der Waals surface area contributed by atoms with E-state index >= 15 is 0 Å².